The van der Waals surface area contributed by atoms with Gasteiger partial charge in [-0.1, -0.05) is 0 Å². The molecule has 1 aliphatic heterocycles. The number of nitrogens with one attached hydrogen (secondary N) is 1. The molecule has 2 amide bonds. The molecule has 0 aromatic heterocycles. The van der Waals surface area contributed by atoms with Gasteiger partial charge in [0.2, 0.25) is 11.8 Å². The molecule has 1 fully saturated rings. The van der Waals surface area contributed by atoms with Crippen LogP contribution in [0.1, 0.15) is 6.42 Å². The second-order valence-electron chi connectivity index (χ2n) is 4.95. The minimum atomic E-state index is -0.309. The van der Waals surface area contributed by atoms with Crippen molar-refractivity contribution in [3.8, 4) is 5.75 Å². The molecule has 1 saturated heterocycles. The highest BCUT2D eigenvalue weighted by atomic mass is 16.5. The normalized spacial score (nSPS) is 17.9. The number of benzene rings is 1. The van der Waals surface area contributed by atoms with Crippen LogP contribution in [0.25, 0.3) is 0 Å². The van der Waals surface area contributed by atoms with Crippen molar-refractivity contribution in [2.75, 3.05) is 39.2 Å². The van der Waals surface area contributed by atoms with Gasteiger partial charge in [0.25, 0.3) is 0 Å². The van der Waals surface area contributed by atoms with Crippen molar-refractivity contribution in [3.63, 3.8) is 0 Å². The maximum atomic E-state index is 12.2. The minimum Gasteiger partial charge on any atom is -0.497 e. The van der Waals surface area contributed by atoms with E-state index in [0.717, 1.165) is 5.75 Å². The van der Waals surface area contributed by atoms with E-state index in [9.17, 15) is 9.59 Å². The molecule has 114 valence electrons. The van der Waals surface area contributed by atoms with E-state index in [0.29, 0.717) is 25.4 Å². The average molecular weight is 292 g/mol. The Hall–Kier alpha value is -2.08. The van der Waals surface area contributed by atoms with Crippen LogP contribution < -0.4 is 10.1 Å². The van der Waals surface area contributed by atoms with E-state index in [2.05, 4.69) is 5.32 Å². The third-order valence-corrected chi connectivity index (χ3v) is 3.51. The second kappa shape index (κ2) is 7.08. The highest BCUT2D eigenvalue weighted by molar-refractivity contribution is 5.97. The van der Waals surface area contributed by atoms with Gasteiger partial charge in [0.15, 0.2) is 0 Å². The molecular weight excluding hydrogens is 272 g/mol. The molecule has 6 heteroatoms. The molecule has 1 unspecified atom stereocenters. The van der Waals surface area contributed by atoms with E-state index in [4.69, 9.17) is 9.47 Å². The highest BCUT2D eigenvalue weighted by Crippen LogP contribution is 2.21. The summed E-state index contributed by atoms with van der Waals surface area (Å²) in [4.78, 5) is 25.7. The molecule has 0 bridgehead atoms. The SMILES string of the molecule is COCCN1CC(C(=O)Nc2ccc(OC)cc2)CC1=O. The van der Waals surface area contributed by atoms with Gasteiger partial charge >= 0.3 is 0 Å². The van der Waals surface area contributed by atoms with E-state index >= 15 is 0 Å². The summed E-state index contributed by atoms with van der Waals surface area (Å²) in [6, 6.07) is 7.10. The van der Waals surface area contributed by atoms with Crippen LogP contribution in [0.15, 0.2) is 24.3 Å². The highest BCUT2D eigenvalue weighted by Gasteiger charge is 2.33. The Morgan fingerprint density at radius 1 is 1.33 bits per heavy atom. The number of methoxy groups -OCH3 is 2. The van der Waals surface area contributed by atoms with Crippen LogP contribution in [0.3, 0.4) is 0 Å². The molecule has 1 atom stereocenters. The largest absolute Gasteiger partial charge is 0.497 e. The third kappa shape index (κ3) is 3.95. The Labute approximate surface area is 124 Å². The number of carbonyl (C=O) groups is 2. The molecule has 2 rings (SSSR count). The summed E-state index contributed by atoms with van der Waals surface area (Å²) < 4.78 is 10.0. The molecule has 1 aliphatic rings. The van der Waals surface area contributed by atoms with Crippen molar-refractivity contribution in [1.29, 1.82) is 0 Å². The monoisotopic (exact) mass is 292 g/mol. The molecular formula is C15H20N2O4. The van der Waals surface area contributed by atoms with Crippen LogP contribution in [0.5, 0.6) is 5.75 Å². The zero-order valence-electron chi connectivity index (χ0n) is 12.3. The van der Waals surface area contributed by atoms with E-state index in [1.165, 1.54) is 0 Å². The number of hydrogen-bond acceptors (Lipinski definition) is 4. The summed E-state index contributed by atoms with van der Waals surface area (Å²) in [5.74, 6) is 0.293. The summed E-state index contributed by atoms with van der Waals surface area (Å²) in [6.07, 6.45) is 0.256. The van der Waals surface area contributed by atoms with E-state index in [1.807, 2.05) is 0 Å². The lowest BCUT2D eigenvalue weighted by Crippen LogP contribution is -2.30. The summed E-state index contributed by atoms with van der Waals surface area (Å²) in [7, 11) is 3.18. The van der Waals surface area contributed by atoms with Gasteiger partial charge in [0.1, 0.15) is 5.75 Å². The molecule has 1 N–H and O–H groups in total. The van der Waals surface area contributed by atoms with Gasteiger partial charge in [0, 0.05) is 32.3 Å². The fourth-order valence-corrected chi connectivity index (χ4v) is 2.28. The van der Waals surface area contributed by atoms with Crippen molar-refractivity contribution >= 4 is 17.5 Å². The first-order valence-corrected chi connectivity index (χ1v) is 6.85. The van der Waals surface area contributed by atoms with Gasteiger partial charge in [-0.15, -0.1) is 0 Å². The summed E-state index contributed by atoms with van der Waals surface area (Å²) in [6.45, 7) is 1.46. The minimum absolute atomic E-state index is 0.00179. The van der Waals surface area contributed by atoms with Crippen LogP contribution in [0.4, 0.5) is 5.69 Å². The Morgan fingerprint density at radius 2 is 2.05 bits per heavy atom. The van der Waals surface area contributed by atoms with Crippen molar-refractivity contribution in [1.82, 2.24) is 4.90 Å². The van der Waals surface area contributed by atoms with Crippen molar-refractivity contribution in [2.45, 2.75) is 6.42 Å². The number of carbonyl (C=O) groups excluding carboxylic acids is 2. The predicted molar refractivity (Wildman–Crippen MR) is 78.2 cm³/mol. The molecule has 6 nitrogen and oxygen atoms in total. The van der Waals surface area contributed by atoms with Crippen LogP contribution >= 0.6 is 0 Å². The van der Waals surface area contributed by atoms with E-state index in [-0.39, 0.29) is 24.2 Å². The lowest BCUT2D eigenvalue weighted by atomic mass is 10.1. The smallest absolute Gasteiger partial charge is 0.229 e. The van der Waals surface area contributed by atoms with Gasteiger partial charge in [-0.2, -0.15) is 0 Å². The fourth-order valence-electron chi connectivity index (χ4n) is 2.28. The summed E-state index contributed by atoms with van der Waals surface area (Å²) >= 11 is 0. The maximum absolute atomic E-state index is 12.2. The molecule has 1 aromatic rings. The summed E-state index contributed by atoms with van der Waals surface area (Å²) in [5, 5.41) is 2.83. The first kappa shape index (κ1) is 15.3. The topological polar surface area (TPSA) is 67.9 Å². The fraction of sp³-hybridized carbons (Fsp3) is 0.467. The molecule has 1 aromatic carbocycles. The predicted octanol–water partition coefficient (Wildman–Crippen LogP) is 1.13. The van der Waals surface area contributed by atoms with Crippen molar-refractivity contribution in [2.24, 2.45) is 5.92 Å². The van der Waals surface area contributed by atoms with Gasteiger partial charge in [-0.05, 0) is 24.3 Å². The Balaban J connectivity index is 1.90. The molecule has 0 spiro atoms. The number of anilines is 1. The number of nitrogens with zero attached hydrogens (tertiary/aromatic N) is 1. The second-order valence-corrected chi connectivity index (χ2v) is 4.95. The maximum Gasteiger partial charge on any atom is 0.229 e. The Bertz CT molecular complexity index is 501. The Kier molecular flexibility index (Phi) is 5.16. The van der Waals surface area contributed by atoms with Crippen LogP contribution in [-0.4, -0.2) is 50.6 Å². The first-order valence-electron chi connectivity index (χ1n) is 6.85. The summed E-state index contributed by atoms with van der Waals surface area (Å²) in [5.41, 5.74) is 0.698. The quantitative estimate of drug-likeness (QED) is 0.853. The zero-order valence-corrected chi connectivity index (χ0v) is 12.3. The lowest BCUT2D eigenvalue weighted by molar-refractivity contribution is -0.128. The third-order valence-electron chi connectivity index (χ3n) is 3.51. The van der Waals surface area contributed by atoms with E-state index in [1.54, 1.807) is 43.4 Å². The first-order chi connectivity index (χ1) is 10.1. The van der Waals surface area contributed by atoms with Crippen molar-refractivity contribution in [3.05, 3.63) is 24.3 Å². The van der Waals surface area contributed by atoms with Crippen LogP contribution in [0.2, 0.25) is 0 Å². The molecule has 0 aliphatic carbocycles. The lowest BCUT2D eigenvalue weighted by Gasteiger charge is -2.15. The Morgan fingerprint density at radius 3 is 2.67 bits per heavy atom. The number of ether oxygens (including phenoxy) is 2. The molecule has 0 radical (unpaired) electrons. The number of likely N-dealkylation sites (tertiary alicyclic amines) is 1. The number of rotatable bonds is 6. The van der Waals surface area contributed by atoms with Gasteiger partial charge in [0.05, 0.1) is 19.6 Å². The van der Waals surface area contributed by atoms with Crippen molar-refractivity contribution < 1.29 is 19.1 Å². The van der Waals surface area contributed by atoms with Crippen LogP contribution in [-0.2, 0) is 14.3 Å². The zero-order chi connectivity index (χ0) is 15.2. The number of hydrogen-bond donors (Lipinski definition) is 1. The van der Waals surface area contributed by atoms with Gasteiger partial charge in [-0.25, -0.2) is 0 Å². The van der Waals surface area contributed by atoms with E-state index < -0.39 is 0 Å². The van der Waals surface area contributed by atoms with Gasteiger partial charge in [-0.3, -0.25) is 9.59 Å². The van der Waals surface area contributed by atoms with Gasteiger partial charge < -0.3 is 19.7 Å². The molecule has 21 heavy (non-hydrogen) atoms. The number of amides is 2. The van der Waals surface area contributed by atoms with Crippen LogP contribution in [0, 0.1) is 5.92 Å². The standard InChI is InChI=1S/C15H20N2O4/c1-20-8-7-17-10-11(9-14(17)18)15(19)16-12-3-5-13(21-2)6-4-12/h3-6,11H,7-10H2,1-2H3,(H,16,19). The molecule has 1 heterocycles. The molecule has 0 saturated carbocycles. The average Bonchev–Trinajstić information content (AvgIpc) is 2.87.